The number of halogens is 2. The maximum atomic E-state index is 5.88. The van der Waals surface area contributed by atoms with Crippen LogP contribution >= 0.6 is 27.5 Å². The Morgan fingerprint density at radius 3 is 3.00 bits per heavy atom. The number of benzene rings is 1. The zero-order valence-electron chi connectivity index (χ0n) is 5.57. The van der Waals surface area contributed by atoms with Gasteiger partial charge in [0.2, 0.25) is 0 Å². The Morgan fingerprint density at radius 2 is 2.18 bits per heavy atom. The number of hydrogen-bond donors (Lipinski definition) is 1. The number of H-pyrrole nitrogens is 1. The van der Waals surface area contributed by atoms with Gasteiger partial charge in [-0.2, -0.15) is 0 Å². The van der Waals surface area contributed by atoms with Crippen LogP contribution in [0, 0.1) is 0 Å². The Kier molecular flexibility index (Phi) is 1.66. The maximum absolute atomic E-state index is 5.88. The highest BCUT2D eigenvalue weighted by atomic mass is 79.9. The molecular formula is C8H5BrClN. The van der Waals surface area contributed by atoms with E-state index in [-0.39, 0.29) is 0 Å². The molecule has 56 valence electrons. The van der Waals surface area contributed by atoms with Crippen LogP contribution in [0.2, 0.25) is 5.02 Å². The van der Waals surface area contributed by atoms with Crippen LogP contribution in [0.4, 0.5) is 0 Å². The molecule has 1 aromatic carbocycles. The van der Waals surface area contributed by atoms with Crippen LogP contribution in [-0.2, 0) is 0 Å². The molecule has 0 saturated heterocycles. The van der Waals surface area contributed by atoms with Crippen LogP contribution < -0.4 is 0 Å². The predicted molar refractivity (Wildman–Crippen MR) is 51.0 cm³/mol. The molecule has 2 aromatic rings. The maximum Gasteiger partial charge on any atom is 0.0659 e. The summed E-state index contributed by atoms with van der Waals surface area (Å²) in [5, 5.41) is 1.84. The van der Waals surface area contributed by atoms with Gasteiger partial charge in [-0.05, 0) is 12.1 Å². The van der Waals surface area contributed by atoms with Gasteiger partial charge < -0.3 is 4.98 Å². The quantitative estimate of drug-likeness (QED) is 0.712. The van der Waals surface area contributed by atoms with Crippen molar-refractivity contribution in [1.29, 1.82) is 0 Å². The van der Waals surface area contributed by atoms with E-state index in [1.54, 1.807) is 6.20 Å². The molecule has 0 saturated carbocycles. The third-order valence-corrected chi connectivity index (χ3v) is 2.40. The minimum Gasteiger partial charge on any atom is -0.360 e. The number of hydrogen-bond acceptors (Lipinski definition) is 0. The molecule has 1 aromatic heterocycles. The molecule has 1 N–H and O–H groups in total. The van der Waals surface area contributed by atoms with Crippen LogP contribution in [0.3, 0.4) is 0 Å². The van der Waals surface area contributed by atoms with Gasteiger partial charge in [0, 0.05) is 21.6 Å². The smallest absolute Gasteiger partial charge is 0.0659 e. The van der Waals surface area contributed by atoms with Crippen molar-refractivity contribution in [2.75, 3.05) is 0 Å². The molecule has 0 aliphatic carbocycles. The van der Waals surface area contributed by atoms with Crippen molar-refractivity contribution in [2.24, 2.45) is 0 Å². The summed E-state index contributed by atoms with van der Waals surface area (Å²) in [7, 11) is 0. The lowest BCUT2D eigenvalue weighted by Gasteiger charge is -1.90. The first-order valence-electron chi connectivity index (χ1n) is 3.19. The van der Waals surface area contributed by atoms with Crippen molar-refractivity contribution in [3.8, 4) is 0 Å². The first-order valence-corrected chi connectivity index (χ1v) is 4.36. The van der Waals surface area contributed by atoms with Crippen molar-refractivity contribution >= 4 is 38.4 Å². The van der Waals surface area contributed by atoms with E-state index >= 15 is 0 Å². The van der Waals surface area contributed by atoms with E-state index in [0.29, 0.717) is 0 Å². The lowest BCUT2D eigenvalue weighted by atomic mass is 10.2. The van der Waals surface area contributed by atoms with E-state index in [2.05, 4.69) is 20.9 Å². The van der Waals surface area contributed by atoms with Crippen LogP contribution in [0.15, 0.2) is 28.9 Å². The molecular weight excluding hydrogens is 225 g/mol. The average molecular weight is 230 g/mol. The van der Waals surface area contributed by atoms with Gasteiger partial charge in [0.25, 0.3) is 0 Å². The summed E-state index contributed by atoms with van der Waals surface area (Å²) >= 11 is 9.26. The standard InChI is InChI=1S/C8H5BrClN/c9-5-1-2-6-7(10)4-11-8(6)3-5/h1-4,11H. The molecule has 0 aliphatic heterocycles. The molecule has 0 bridgehead atoms. The van der Waals surface area contributed by atoms with Crippen molar-refractivity contribution in [3.05, 3.63) is 33.9 Å². The Bertz CT molecular complexity index is 394. The molecule has 0 aliphatic rings. The van der Waals surface area contributed by atoms with Gasteiger partial charge in [-0.1, -0.05) is 33.6 Å². The summed E-state index contributed by atoms with van der Waals surface area (Å²) in [4.78, 5) is 3.07. The van der Waals surface area contributed by atoms with Gasteiger partial charge in [-0.25, -0.2) is 0 Å². The Hall–Kier alpha value is -0.470. The van der Waals surface area contributed by atoms with E-state index in [1.807, 2.05) is 18.2 Å². The highest BCUT2D eigenvalue weighted by Crippen LogP contribution is 2.25. The number of rotatable bonds is 0. The molecule has 3 heteroatoms. The second-order valence-electron chi connectivity index (χ2n) is 2.33. The molecule has 1 nitrogen and oxygen atoms in total. The molecule has 0 unspecified atom stereocenters. The van der Waals surface area contributed by atoms with E-state index in [1.165, 1.54) is 0 Å². The first-order chi connectivity index (χ1) is 5.27. The zero-order valence-corrected chi connectivity index (χ0v) is 7.91. The monoisotopic (exact) mass is 229 g/mol. The summed E-state index contributed by atoms with van der Waals surface area (Å²) in [5.41, 5.74) is 1.06. The SMILES string of the molecule is Clc1c[nH]c2cc(Br)ccc12. The summed E-state index contributed by atoms with van der Waals surface area (Å²) in [6.07, 6.45) is 1.79. The zero-order chi connectivity index (χ0) is 7.84. The van der Waals surface area contributed by atoms with Crippen LogP contribution in [-0.4, -0.2) is 4.98 Å². The van der Waals surface area contributed by atoms with Crippen molar-refractivity contribution in [2.45, 2.75) is 0 Å². The Balaban J connectivity index is 2.86. The second-order valence-corrected chi connectivity index (χ2v) is 3.65. The van der Waals surface area contributed by atoms with Crippen LogP contribution in [0.25, 0.3) is 10.9 Å². The normalized spacial score (nSPS) is 10.7. The number of nitrogens with one attached hydrogen (secondary N) is 1. The molecule has 0 amide bonds. The molecule has 11 heavy (non-hydrogen) atoms. The molecule has 2 rings (SSSR count). The average Bonchev–Trinajstić information content (AvgIpc) is 2.32. The lowest BCUT2D eigenvalue weighted by molar-refractivity contribution is 1.47. The minimum atomic E-state index is 0.771. The third kappa shape index (κ3) is 1.17. The minimum absolute atomic E-state index is 0.771. The number of aromatic nitrogens is 1. The molecule has 1 heterocycles. The van der Waals surface area contributed by atoms with Gasteiger partial charge in [0.05, 0.1) is 5.02 Å². The van der Waals surface area contributed by atoms with E-state index in [4.69, 9.17) is 11.6 Å². The fourth-order valence-corrected chi connectivity index (χ4v) is 1.64. The van der Waals surface area contributed by atoms with Gasteiger partial charge >= 0.3 is 0 Å². The van der Waals surface area contributed by atoms with Crippen LogP contribution in [0.5, 0.6) is 0 Å². The van der Waals surface area contributed by atoms with Gasteiger partial charge in [0.1, 0.15) is 0 Å². The van der Waals surface area contributed by atoms with Gasteiger partial charge in [-0.15, -0.1) is 0 Å². The molecule has 0 radical (unpaired) electrons. The number of aromatic amines is 1. The summed E-state index contributed by atoms with van der Waals surface area (Å²) < 4.78 is 1.06. The lowest BCUT2D eigenvalue weighted by Crippen LogP contribution is -1.66. The van der Waals surface area contributed by atoms with Gasteiger partial charge in [-0.3, -0.25) is 0 Å². The molecule has 0 spiro atoms. The highest BCUT2D eigenvalue weighted by Gasteiger charge is 1.99. The fourth-order valence-electron chi connectivity index (χ4n) is 1.06. The highest BCUT2D eigenvalue weighted by molar-refractivity contribution is 9.10. The van der Waals surface area contributed by atoms with E-state index in [9.17, 15) is 0 Å². The van der Waals surface area contributed by atoms with E-state index < -0.39 is 0 Å². The first kappa shape index (κ1) is 7.19. The van der Waals surface area contributed by atoms with Crippen molar-refractivity contribution in [3.63, 3.8) is 0 Å². The summed E-state index contributed by atoms with van der Waals surface area (Å²) in [6.45, 7) is 0. The largest absolute Gasteiger partial charge is 0.360 e. The Morgan fingerprint density at radius 1 is 1.36 bits per heavy atom. The topological polar surface area (TPSA) is 15.8 Å². The van der Waals surface area contributed by atoms with Crippen LogP contribution in [0.1, 0.15) is 0 Å². The van der Waals surface area contributed by atoms with Crippen molar-refractivity contribution in [1.82, 2.24) is 4.98 Å². The third-order valence-electron chi connectivity index (χ3n) is 1.59. The summed E-state index contributed by atoms with van der Waals surface area (Å²) in [5.74, 6) is 0. The summed E-state index contributed by atoms with van der Waals surface area (Å²) in [6, 6.07) is 5.96. The van der Waals surface area contributed by atoms with Gasteiger partial charge in [0.15, 0.2) is 0 Å². The predicted octanol–water partition coefficient (Wildman–Crippen LogP) is 3.58. The molecule has 0 atom stereocenters. The second kappa shape index (κ2) is 2.54. The van der Waals surface area contributed by atoms with Crippen molar-refractivity contribution < 1.29 is 0 Å². The van der Waals surface area contributed by atoms with E-state index in [0.717, 1.165) is 20.4 Å². The molecule has 0 fully saturated rings. The Labute approximate surface area is 77.5 Å². The fraction of sp³-hybridized carbons (Fsp3) is 0. The number of fused-ring (bicyclic) bond motifs is 1.